The van der Waals surface area contributed by atoms with Gasteiger partial charge >= 0.3 is 0 Å². The number of rotatable bonds is 9. The first-order chi connectivity index (χ1) is 18.0. The summed E-state index contributed by atoms with van der Waals surface area (Å²) < 4.78 is 0. The Balaban J connectivity index is 1.31. The largest absolute Gasteiger partial charge is 0.340 e. The van der Waals surface area contributed by atoms with Gasteiger partial charge in [0.05, 0.1) is 4.92 Å². The van der Waals surface area contributed by atoms with Gasteiger partial charge in [-0.1, -0.05) is 49.6 Å². The first-order valence-electron chi connectivity index (χ1n) is 13.3. The molecule has 1 aliphatic heterocycles. The van der Waals surface area contributed by atoms with Crippen LogP contribution in [0, 0.1) is 10.1 Å². The van der Waals surface area contributed by atoms with Gasteiger partial charge < -0.3 is 9.80 Å². The minimum atomic E-state index is -0.441. The van der Waals surface area contributed by atoms with E-state index in [0.717, 1.165) is 50.9 Å². The van der Waals surface area contributed by atoms with Crippen molar-refractivity contribution in [2.24, 2.45) is 0 Å². The highest BCUT2D eigenvalue weighted by molar-refractivity contribution is 5.92. The highest BCUT2D eigenvalue weighted by Gasteiger charge is 2.26. The van der Waals surface area contributed by atoms with Crippen LogP contribution in [0.3, 0.4) is 0 Å². The molecule has 0 atom stereocenters. The molecular weight excluding hydrogens is 468 g/mol. The molecule has 0 spiro atoms. The van der Waals surface area contributed by atoms with Crippen LogP contribution in [0.25, 0.3) is 6.08 Å². The lowest BCUT2D eigenvalue weighted by Crippen LogP contribution is -2.49. The lowest BCUT2D eigenvalue weighted by molar-refractivity contribution is -0.384. The smallest absolute Gasteiger partial charge is 0.269 e. The Morgan fingerprint density at radius 1 is 0.946 bits per heavy atom. The van der Waals surface area contributed by atoms with E-state index in [1.165, 1.54) is 30.2 Å². The zero-order valence-corrected chi connectivity index (χ0v) is 21.3. The van der Waals surface area contributed by atoms with Crippen LogP contribution in [0.5, 0.6) is 0 Å². The van der Waals surface area contributed by atoms with Gasteiger partial charge in [-0.15, -0.1) is 0 Å². The molecule has 4 rings (SSSR count). The summed E-state index contributed by atoms with van der Waals surface area (Å²) >= 11 is 0. The van der Waals surface area contributed by atoms with Crippen LogP contribution in [0.4, 0.5) is 5.69 Å². The lowest BCUT2D eigenvalue weighted by atomic mass is 9.94. The number of carbonyl (C=O) groups is 2. The van der Waals surface area contributed by atoms with Crippen LogP contribution in [0.1, 0.15) is 49.7 Å². The third-order valence-corrected chi connectivity index (χ3v) is 7.36. The fourth-order valence-electron chi connectivity index (χ4n) is 5.21. The lowest BCUT2D eigenvalue weighted by Gasteiger charge is -2.36. The van der Waals surface area contributed by atoms with E-state index in [0.29, 0.717) is 26.1 Å². The molecule has 196 valence electrons. The Kier molecular flexibility index (Phi) is 9.43. The van der Waals surface area contributed by atoms with E-state index in [2.05, 4.69) is 29.2 Å². The molecule has 2 aliphatic rings. The molecule has 1 heterocycles. The summed E-state index contributed by atoms with van der Waals surface area (Å²) in [5.74, 6) is -0.00180. The third kappa shape index (κ3) is 7.73. The van der Waals surface area contributed by atoms with E-state index < -0.39 is 4.92 Å². The Morgan fingerprint density at radius 2 is 1.62 bits per heavy atom. The van der Waals surface area contributed by atoms with Crippen LogP contribution < -0.4 is 0 Å². The van der Waals surface area contributed by atoms with Crippen molar-refractivity contribution in [3.8, 4) is 0 Å². The molecule has 2 amide bonds. The number of carbonyl (C=O) groups excluding carboxylic acids is 2. The molecule has 8 heteroatoms. The zero-order chi connectivity index (χ0) is 26.0. The number of nitro groups is 1. The summed E-state index contributed by atoms with van der Waals surface area (Å²) in [4.78, 5) is 42.8. The topological polar surface area (TPSA) is 87.0 Å². The molecule has 2 aromatic rings. The Labute approximate surface area is 218 Å². The second-order valence-electron chi connectivity index (χ2n) is 9.90. The van der Waals surface area contributed by atoms with Crippen LogP contribution in [0.15, 0.2) is 60.7 Å². The predicted molar refractivity (Wildman–Crippen MR) is 144 cm³/mol. The highest BCUT2D eigenvalue weighted by atomic mass is 16.6. The van der Waals surface area contributed by atoms with E-state index in [1.54, 1.807) is 18.2 Å². The number of amides is 2. The fraction of sp³-hybridized carbons (Fsp3) is 0.448. The zero-order valence-electron chi connectivity index (χ0n) is 21.3. The van der Waals surface area contributed by atoms with Crippen LogP contribution >= 0.6 is 0 Å². The van der Waals surface area contributed by atoms with Gasteiger partial charge in [-0.05, 0) is 42.2 Å². The summed E-state index contributed by atoms with van der Waals surface area (Å²) in [5, 5.41) is 10.9. The molecule has 0 bridgehead atoms. The van der Waals surface area contributed by atoms with Gasteiger partial charge in [-0.2, -0.15) is 0 Å². The molecule has 0 aromatic heterocycles. The van der Waals surface area contributed by atoms with Crippen molar-refractivity contribution in [3.63, 3.8) is 0 Å². The molecule has 37 heavy (non-hydrogen) atoms. The summed E-state index contributed by atoms with van der Waals surface area (Å²) in [6.07, 6.45) is 8.84. The Morgan fingerprint density at radius 3 is 2.27 bits per heavy atom. The standard InChI is InChI=1S/C29H36N4O4/c34-28(31-21-19-30(20-22-31)23-25-7-3-1-4-8-25)17-18-32(26-9-5-2-6-10-26)29(35)16-13-24-11-14-27(15-12-24)33(36)37/h1,3-4,7-8,11-16,26H,2,5-6,9-10,17-23H2/b16-13+. The van der Waals surface area contributed by atoms with Crippen LogP contribution in [-0.4, -0.2) is 70.2 Å². The molecule has 1 saturated carbocycles. The van der Waals surface area contributed by atoms with Gasteiger partial charge in [-0.3, -0.25) is 24.6 Å². The minimum absolute atomic E-state index is 0.0201. The van der Waals surface area contributed by atoms with Crippen molar-refractivity contribution in [1.82, 2.24) is 14.7 Å². The maximum Gasteiger partial charge on any atom is 0.269 e. The predicted octanol–water partition coefficient (Wildman–Crippen LogP) is 4.50. The number of hydrogen-bond donors (Lipinski definition) is 0. The molecule has 0 radical (unpaired) electrons. The van der Waals surface area contributed by atoms with E-state index >= 15 is 0 Å². The van der Waals surface area contributed by atoms with Crippen molar-refractivity contribution in [2.75, 3.05) is 32.7 Å². The monoisotopic (exact) mass is 504 g/mol. The maximum absolute atomic E-state index is 13.2. The van der Waals surface area contributed by atoms with Gasteiger partial charge in [0.2, 0.25) is 11.8 Å². The molecular formula is C29H36N4O4. The highest BCUT2D eigenvalue weighted by Crippen LogP contribution is 2.24. The van der Waals surface area contributed by atoms with Crippen molar-refractivity contribution >= 4 is 23.6 Å². The van der Waals surface area contributed by atoms with E-state index in [1.807, 2.05) is 15.9 Å². The molecule has 2 fully saturated rings. The molecule has 0 unspecified atom stereocenters. The van der Waals surface area contributed by atoms with Crippen LogP contribution in [0.2, 0.25) is 0 Å². The Bertz CT molecular complexity index is 1070. The van der Waals surface area contributed by atoms with Crippen molar-refractivity contribution in [2.45, 2.75) is 51.1 Å². The number of piperazine rings is 1. The Hall–Kier alpha value is -3.52. The third-order valence-electron chi connectivity index (χ3n) is 7.36. The average molecular weight is 505 g/mol. The van der Waals surface area contributed by atoms with Crippen LogP contribution in [-0.2, 0) is 16.1 Å². The summed E-state index contributed by atoms with van der Waals surface area (Å²) in [6.45, 7) is 4.44. The second-order valence-corrected chi connectivity index (χ2v) is 9.90. The number of nitrogens with zero attached hydrogens (tertiary/aromatic N) is 4. The SMILES string of the molecule is O=C(CCN(C(=O)/C=C/c1ccc([N+](=O)[O-])cc1)C1CCCCC1)N1CCN(Cc2ccccc2)CC1. The summed E-state index contributed by atoms with van der Waals surface area (Å²) in [6, 6.07) is 16.7. The maximum atomic E-state index is 13.2. The fourth-order valence-corrected chi connectivity index (χ4v) is 5.21. The van der Waals surface area contributed by atoms with E-state index in [9.17, 15) is 19.7 Å². The number of non-ortho nitro benzene ring substituents is 1. The summed E-state index contributed by atoms with van der Waals surface area (Å²) in [7, 11) is 0. The first kappa shape index (κ1) is 26.5. The molecule has 0 N–H and O–H groups in total. The number of nitro benzene ring substituents is 1. The van der Waals surface area contributed by atoms with Gasteiger partial charge in [0.15, 0.2) is 0 Å². The number of hydrogen-bond acceptors (Lipinski definition) is 5. The van der Waals surface area contributed by atoms with E-state index in [-0.39, 0.29) is 23.5 Å². The van der Waals surface area contributed by atoms with Gasteiger partial charge in [0.1, 0.15) is 0 Å². The average Bonchev–Trinajstić information content (AvgIpc) is 2.93. The van der Waals surface area contributed by atoms with Gasteiger partial charge in [0, 0.05) is 69.9 Å². The molecule has 1 saturated heterocycles. The first-order valence-corrected chi connectivity index (χ1v) is 13.3. The molecule has 8 nitrogen and oxygen atoms in total. The van der Waals surface area contributed by atoms with Crippen molar-refractivity contribution < 1.29 is 14.5 Å². The quantitative estimate of drug-likeness (QED) is 0.285. The van der Waals surface area contributed by atoms with Gasteiger partial charge in [-0.25, -0.2) is 0 Å². The van der Waals surface area contributed by atoms with E-state index in [4.69, 9.17) is 0 Å². The minimum Gasteiger partial charge on any atom is -0.340 e. The molecule has 2 aromatic carbocycles. The second kappa shape index (κ2) is 13.1. The van der Waals surface area contributed by atoms with Crippen molar-refractivity contribution in [1.29, 1.82) is 0 Å². The normalized spacial score (nSPS) is 17.1. The number of benzene rings is 2. The molecule has 1 aliphatic carbocycles. The van der Waals surface area contributed by atoms with Gasteiger partial charge in [0.25, 0.3) is 5.69 Å². The summed E-state index contributed by atoms with van der Waals surface area (Å²) in [5.41, 5.74) is 2.03. The van der Waals surface area contributed by atoms with Crippen molar-refractivity contribution in [3.05, 3.63) is 81.9 Å².